The van der Waals surface area contributed by atoms with Gasteiger partial charge in [-0.3, -0.25) is 9.59 Å². The van der Waals surface area contributed by atoms with Crippen LogP contribution in [0.5, 0.6) is 0 Å². The van der Waals surface area contributed by atoms with Gasteiger partial charge in [0.1, 0.15) is 6.04 Å². The molecule has 0 radical (unpaired) electrons. The zero-order valence-corrected chi connectivity index (χ0v) is 11.7. The third-order valence-corrected chi connectivity index (χ3v) is 3.83. The second kappa shape index (κ2) is 5.92. The van der Waals surface area contributed by atoms with Crippen LogP contribution >= 0.6 is 0 Å². The highest BCUT2D eigenvalue weighted by Gasteiger charge is 2.35. The number of ketones is 1. The lowest BCUT2D eigenvalue weighted by Gasteiger charge is -2.35. The lowest BCUT2D eigenvalue weighted by Crippen LogP contribution is -2.42. The molecule has 0 spiro atoms. The summed E-state index contributed by atoms with van der Waals surface area (Å²) < 4.78 is 0. The Labute approximate surface area is 124 Å². The van der Waals surface area contributed by atoms with Gasteiger partial charge in [0.2, 0.25) is 5.91 Å². The summed E-state index contributed by atoms with van der Waals surface area (Å²) in [7, 11) is 0. The first-order chi connectivity index (χ1) is 10.3. The molecule has 106 valence electrons. The quantitative estimate of drug-likeness (QED) is 0.865. The maximum absolute atomic E-state index is 12.3. The molecule has 1 fully saturated rings. The molecule has 21 heavy (non-hydrogen) atoms. The van der Waals surface area contributed by atoms with Crippen LogP contribution < -0.4 is 0 Å². The number of benzene rings is 2. The summed E-state index contributed by atoms with van der Waals surface area (Å²) in [6, 6.07) is 18.9. The Hall–Kier alpha value is -2.42. The number of hydrogen-bond acceptors (Lipinski definition) is 2. The predicted octanol–water partition coefficient (Wildman–Crippen LogP) is 3.12. The first kappa shape index (κ1) is 13.6. The van der Waals surface area contributed by atoms with E-state index in [4.69, 9.17) is 0 Å². The number of Topliss-reactive ketones (excluding diaryl/α,β-unsaturated/α-hetero) is 1. The summed E-state index contributed by atoms with van der Waals surface area (Å²) in [5, 5.41) is 0. The molecule has 2 aromatic rings. The lowest BCUT2D eigenvalue weighted by atomic mass is 9.93. The molecule has 0 bridgehead atoms. The molecule has 1 heterocycles. The van der Waals surface area contributed by atoms with Gasteiger partial charge in [0, 0.05) is 19.4 Å². The molecule has 0 aliphatic carbocycles. The average molecular weight is 279 g/mol. The molecule has 0 aromatic heterocycles. The fraction of sp³-hybridized carbons (Fsp3) is 0.222. The Kier molecular flexibility index (Phi) is 3.82. The van der Waals surface area contributed by atoms with Gasteiger partial charge in [-0.1, -0.05) is 60.7 Å². The largest absolute Gasteiger partial charge is 0.324 e. The maximum Gasteiger partial charge on any atom is 0.224 e. The van der Waals surface area contributed by atoms with Crippen molar-refractivity contribution in [2.75, 3.05) is 0 Å². The zero-order valence-electron chi connectivity index (χ0n) is 11.7. The van der Waals surface area contributed by atoms with E-state index >= 15 is 0 Å². The van der Waals surface area contributed by atoms with Crippen LogP contribution in [0.15, 0.2) is 60.7 Å². The van der Waals surface area contributed by atoms with Crippen molar-refractivity contribution in [2.24, 2.45) is 0 Å². The minimum Gasteiger partial charge on any atom is -0.324 e. The van der Waals surface area contributed by atoms with Gasteiger partial charge in [-0.25, -0.2) is 0 Å². The van der Waals surface area contributed by atoms with Crippen LogP contribution in [0.1, 0.15) is 30.0 Å². The van der Waals surface area contributed by atoms with Gasteiger partial charge < -0.3 is 4.90 Å². The summed E-state index contributed by atoms with van der Waals surface area (Å²) in [4.78, 5) is 26.4. The van der Waals surface area contributed by atoms with Gasteiger partial charge in [-0.2, -0.15) is 0 Å². The van der Waals surface area contributed by atoms with Gasteiger partial charge >= 0.3 is 0 Å². The van der Waals surface area contributed by atoms with Crippen LogP contribution in [-0.2, 0) is 16.1 Å². The smallest absolute Gasteiger partial charge is 0.224 e. The molecule has 0 N–H and O–H groups in total. The van der Waals surface area contributed by atoms with E-state index in [1.54, 1.807) is 4.90 Å². The number of piperidine rings is 1. The number of carbonyl (C=O) groups excluding carboxylic acids is 2. The van der Waals surface area contributed by atoms with E-state index in [0.29, 0.717) is 19.4 Å². The SMILES string of the molecule is O=C1CCC(=O)N(Cc2ccccc2)C1c1ccccc1. The van der Waals surface area contributed by atoms with E-state index in [1.165, 1.54) is 0 Å². The van der Waals surface area contributed by atoms with Crippen LogP contribution in [0.3, 0.4) is 0 Å². The van der Waals surface area contributed by atoms with Gasteiger partial charge in [-0.15, -0.1) is 0 Å². The number of likely N-dealkylation sites (tertiary alicyclic amines) is 1. The van der Waals surface area contributed by atoms with Crippen LogP contribution in [-0.4, -0.2) is 16.6 Å². The van der Waals surface area contributed by atoms with Crippen molar-refractivity contribution in [3.05, 3.63) is 71.8 Å². The third-order valence-electron chi connectivity index (χ3n) is 3.83. The lowest BCUT2D eigenvalue weighted by molar-refractivity contribution is -0.146. The predicted molar refractivity (Wildman–Crippen MR) is 80.4 cm³/mol. The molecule has 1 aliphatic rings. The maximum atomic E-state index is 12.3. The van der Waals surface area contributed by atoms with Crippen LogP contribution in [0.2, 0.25) is 0 Å². The molecule has 3 rings (SSSR count). The average Bonchev–Trinajstić information content (AvgIpc) is 2.53. The number of hydrogen-bond donors (Lipinski definition) is 0. The molecule has 1 saturated heterocycles. The van der Waals surface area contributed by atoms with Crippen molar-refractivity contribution < 1.29 is 9.59 Å². The van der Waals surface area contributed by atoms with Gasteiger partial charge in [0.05, 0.1) is 0 Å². The standard InChI is InChI=1S/C18H17NO2/c20-16-11-12-17(21)19(13-14-7-3-1-4-8-14)18(16)15-9-5-2-6-10-15/h1-10,18H,11-13H2. The van der Waals surface area contributed by atoms with E-state index in [1.807, 2.05) is 60.7 Å². The number of amides is 1. The summed E-state index contributed by atoms with van der Waals surface area (Å²) >= 11 is 0. The van der Waals surface area contributed by atoms with Crippen molar-refractivity contribution in [3.63, 3.8) is 0 Å². The van der Waals surface area contributed by atoms with E-state index in [-0.39, 0.29) is 11.7 Å². The normalized spacial score (nSPS) is 18.9. The highest BCUT2D eigenvalue weighted by molar-refractivity contribution is 5.96. The highest BCUT2D eigenvalue weighted by atomic mass is 16.2. The van der Waals surface area contributed by atoms with Crippen molar-refractivity contribution in [1.29, 1.82) is 0 Å². The molecule has 1 aliphatic heterocycles. The van der Waals surface area contributed by atoms with Crippen molar-refractivity contribution in [3.8, 4) is 0 Å². The summed E-state index contributed by atoms with van der Waals surface area (Å²) in [6.45, 7) is 0.477. The van der Waals surface area contributed by atoms with E-state index < -0.39 is 6.04 Å². The first-order valence-corrected chi connectivity index (χ1v) is 7.17. The van der Waals surface area contributed by atoms with Gasteiger partial charge in [0.15, 0.2) is 5.78 Å². The summed E-state index contributed by atoms with van der Waals surface area (Å²) in [5.74, 6) is 0.170. The fourth-order valence-electron chi connectivity index (χ4n) is 2.79. The summed E-state index contributed by atoms with van der Waals surface area (Å²) in [6.07, 6.45) is 0.651. The van der Waals surface area contributed by atoms with Crippen LogP contribution in [0.4, 0.5) is 0 Å². The van der Waals surface area contributed by atoms with E-state index in [9.17, 15) is 9.59 Å². The van der Waals surface area contributed by atoms with Crippen molar-refractivity contribution in [2.45, 2.75) is 25.4 Å². The highest BCUT2D eigenvalue weighted by Crippen LogP contribution is 2.30. The van der Waals surface area contributed by atoms with Gasteiger partial charge in [-0.05, 0) is 11.1 Å². The molecule has 1 atom stereocenters. The van der Waals surface area contributed by atoms with Crippen molar-refractivity contribution >= 4 is 11.7 Å². The molecular weight excluding hydrogens is 262 g/mol. The molecule has 1 unspecified atom stereocenters. The minimum atomic E-state index is -0.451. The third kappa shape index (κ3) is 2.87. The molecular formula is C18H17NO2. The van der Waals surface area contributed by atoms with Crippen LogP contribution in [0.25, 0.3) is 0 Å². The van der Waals surface area contributed by atoms with E-state index in [2.05, 4.69) is 0 Å². The van der Waals surface area contributed by atoms with E-state index in [0.717, 1.165) is 11.1 Å². The van der Waals surface area contributed by atoms with Crippen LogP contribution in [0, 0.1) is 0 Å². The molecule has 3 heteroatoms. The second-order valence-corrected chi connectivity index (χ2v) is 5.29. The fourth-order valence-corrected chi connectivity index (χ4v) is 2.79. The Balaban J connectivity index is 1.93. The summed E-state index contributed by atoms with van der Waals surface area (Å²) in [5.41, 5.74) is 1.94. The molecule has 0 saturated carbocycles. The molecule has 1 amide bonds. The molecule has 3 nitrogen and oxygen atoms in total. The first-order valence-electron chi connectivity index (χ1n) is 7.17. The van der Waals surface area contributed by atoms with Gasteiger partial charge in [0.25, 0.3) is 0 Å². The zero-order chi connectivity index (χ0) is 14.7. The number of rotatable bonds is 3. The Morgan fingerprint density at radius 2 is 1.48 bits per heavy atom. The number of carbonyl (C=O) groups is 2. The van der Waals surface area contributed by atoms with Crippen molar-refractivity contribution in [1.82, 2.24) is 4.90 Å². The Morgan fingerprint density at radius 1 is 0.857 bits per heavy atom. The molecule has 2 aromatic carbocycles. The monoisotopic (exact) mass is 279 g/mol. The second-order valence-electron chi connectivity index (χ2n) is 5.29. The minimum absolute atomic E-state index is 0.0484. The topological polar surface area (TPSA) is 37.4 Å². The Bertz CT molecular complexity index is 637. The number of nitrogens with zero attached hydrogens (tertiary/aromatic N) is 1. The Morgan fingerprint density at radius 3 is 2.14 bits per heavy atom.